The number of aryl methyl sites for hydroxylation is 2. The van der Waals surface area contributed by atoms with Crippen LogP contribution >= 0.6 is 24.0 Å². The number of aromatic nitrogens is 1. The Balaban J connectivity index is 0.00000208. The summed E-state index contributed by atoms with van der Waals surface area (Å²) in [6, 6.07) is 0.417. The van der Waals surface area contributed by atoms with Gasteiger partial charge in [0.1, 0.15) is 5.76 Å². The van der Waals surface area contributed by atoms with Gasteiger partial charge in [-0.05, 0) is 26.7 Å². The summed E-state index contributed by atoms with van der Waals surface area (Å²) in [5.41, 5.74) is 2.31. The van der Waals surface area contributed by atoms with Crippen molar-refractivity contribution in [2.75, 3.05) is 20.2 Å². The minimum atomic E-state index is 0. The topological polar surface area (TPSA) is 71.7 Å². The van der Waals surface area contributed by atoms with Gasteiger partial charge in [-0.3, -0.25) is 4.99 Å². The fourth-order valence-electron chi connectivity index (χ4n) is 4.12. The maximum absolute atomic E-state index is 5.85. The van der Waals surface area contributed by atoms with E-state index in [2.05, 4.69) is 34.6 Å². The predicted octanol–water partition coefficient (Wildman–Crippen LogP) is 2.43. The molecule has 6 nitrogen and oxygen atoms in total. The fraction of sp³-hybridized carbons (Fsp3) is 0.765. The molecule has 0 spiro atoms. The Morgan fingerprint density at radius 3 is 2.75 bits per heavy atom. The lowest BCUT2D eigenvalue weighted by atomic mass is 9.57. The Kier molecular flexibility index (Phi) is 6.17. The van der Waals surface area contributed by atoms with Crippen molar-refractivity contribution in [3.63, 3.8) is 0 Å². The van der Waals surface area contributed by atoms with Gasteiger partial charge in [-0.1, -0.05) is 19.0 Å². The Morgan fingerprint density at radius 2 is 2.12 bits per heavy atom. The first-order chi connectivity index (χ1) is 10.9. The van der Waals surface area contributed by atoms with Crippen LogP contribution in [-0.2, 0) is 11.2 Å². The van der Waals surface area contributed by atoms with Gasteiger partial charge in [0, 0.05) is 43.1 Å². The van der Waals surface area contributed by atoms with Crippen molar-refractivity contribution in [2.45, 2.75) is 52.7 Å². The molecule has 3 atom stereocenters. The lowest BCUT2D eigenvalue weighted by Gasteiger charge is -2.54. The third-order valence-electron chi connectivity index (χ3n) is 5.46. The zero-order chi connectivity index (χ0) is 16.6. The van der Waals surface area contributed by atoms with E-state index in [9.17, 15) is 0 Å². The Labute approximate surface area is 161 Å². The van der Waals surface area contributed by atoms with Crippen molar-refractivity contribution < 1.29 is 9.26 Å². The number of nitrogens with zero attached hydrogens (tertiary/aromatic N) is 2. The molecule has 1 saturated heterocycles. The molecule has 0 aromatic carbocycles. The van der Waals surface area contributed by atoms with Crippen LogP contribution in [0.1, 0.15) is 37.3 Å². The number of hydrogen-bond donors (Lipinski definition) is 2. The molecule has 2 heterocycles. The van der Waals surface area contributed by atoms with Crippen LogP contribution in [-0.4, -0.2) is 43.5 Å². The standard InChI is InChI=1S/C17H28N4O2.HI/c1-10-12(11(2)23-21-10)6-8-19-16(18-5)20-14-13-7-9-22-15(13)17(14,3)4;/h13-15H,6-9H2,1-5H3,(H2,18,19,20);1H. The average Bonchev–Trinajstić information content (AvgIpc) is 3.10. The Bertz CT molecular complexity index is 580. The van der Waals surface area contributed by atoms with Crippen LogP contribution < -0.4 is 10.6 Å². The van der Waals surface area contributed by atoms with Gasteiger partial charge in [0.25, 0.3) is 0 Å². The van der Waals surface area contributed by atoms with Gasteiger partial charge < -0.3 is 19.9 Å². The summed E-state index contributed by atoms with van der Waals surface area (Å²) in [6.07, 6.45) is 2.41. The first-order valence-electron chi connectivity index (χ1n) is 8.45. The molecule has 1 aromatic rings. The van der Waals surface area contributed by atoms with E-state index >= 15 is 0 Å². The molecule has 0 amide bonds. The second-order valence-corrected chi connectivity index (χ2v) is 7.24. The molecule has 2 fully saturated rings. The number of halogens is 1. The maximum atomic E-state index is 5.85. The quantitative estimate of drug-likeness (QED) is 0.421. The molecule has 7 heteroatoms. The van der Waals surface area contributed by atoms with Gasteiger partial charge in [0.2, 0.25) is 0 Å². The molecule has 0 bridgehead atoms. The third-order valence-corrected chi connectivity index (χ3v) is 5.46. The Hall–Kier alpha value is -0.830. The molecular formula is C17H29IN4O2. The summed E-state index contributed by atoms with van der Waals surface area (Å²) in [5, 5.41) is 11.0. The van der Waals surface area contributed by atoms with Gasteiger partial charge in [0.05, 0.1) is 11.8 Å². The summed E-state index contributed by atoms with van der Waals surface area (Å²) < 4.78 is 11.1. The molecule has 1 aromatic heterocycles. The van der Waals surface area contributed by atoms with Gasteiger partial charge >= 0.3 is 0 Å². The minimum Gasteiger partial charge on any atom is -0.377 e. The second kappa shape index (κ2) is 7.59. The van der Waals surface area contributed by atoms with Gasteiger partial charge in [0.15, 0.2) is 5.96 Å². The maximum Gasteiger partial charge on any atom is 0.191 e. The van der Waals surface area contributed by atoms with Crippen molar-refractivity contribution in [1.29, 1.82) is 0 Å². The highest BCUT2D eigenvalue weighted by molar-refractivity contribution is 14.0. The summed E-state index contributed by atoms with van der Waals surface area (Å²) in [4.78, 5) is 4.37. The number of guanidine groups is 1. The van der Waals surface area contributed by atoms with Gasteiger partial charge in [-0.25, -0.2) is 0 Å². The molecule has 2 aliphatic rings. The highest BCUT2D eigenvalue weighted by atomic mass is 127. The summed E-state index contributed by atoms with van der Waals surface area (Å²) in [5.74, 6) is 2.37. The number of fused-ring (bicyclic) bond motifs is 1. The van der Waals surface area contributed by atoms with E-state index in [1.165, 1.54) is 5.56 Å². The van der Waals surface area contributed by atoms with Gasteiger partial charge in [-0.2, -0.15) is 0 Å². The monoisotopic (exact) mass is 448 g/mol. The number of aliphatic imine (C=N–C) groups is 1. The lowest BCUT2D eigenvalue weighted by Crippen LogP contribution is -2.68. The van der Waals surface area contributed by atoms with Crippen molar-refractivity contribution in [3.05, 3.63) is 17.0 Å². The van der Waals surface area contributed by atoms with E-state index in [0.29, 0.717) is 18.1 Å². The van der Waals surface area contributed by atoms with Crippen LogP contribution in [0.15, 0.2) is 9.52 Å². The van der Waals surface area contributed by atoms with Crippen LogP contribution in [0, 0.1) is 25.2 Å². The van der Waals surface area contributed by atoms with Crippen molar-refractivity contribution in [1.82, 2.24) is 15.8 Å². The van der Waals surface area contributed by atoms with E-state index in [0.717, 1.165) is 43.4 Å². The number of rotatable bonds is 4. The first kappa shape index (κ1) is 19.5. The average molecular weight is 448 g/mol. The fourth-order valence-corrected chi connectivity index (χ4v) is 4.12. The van der Waals surface area contributed by atoms with E-state index in [-0.39, 0.29) is 29.4 Å². The predicted molar refractivity (Wildman–Crippen MR) is 105 cm³/mol. The molecule has 3 unspecified atom stereocenters. The largest absolute Gasteiger partial charge is 0.377 e. The molecule has 3 rings (SSSR count). The summed E-state index contributed by atoms with van der Waals surface area (Å²) >= 11 is 0. The van der Waals surface area contributed by atoms with Crippen molar-refractivity contribution in [3.8, 4) is 0 Å². The van der Waals surface area contributed by atoms with E-state index in [1.807, 2.05) is 20.9 Å². The molecule has 1 aliphatic heterocycles. The third kappa shape index (κ3) is 3.42. The van der Waals surface area contributed by atoms with E-state index < -0.39 is 0 Å². The van der Waals surface area contributed by atoms with Crippen LogP contribution in [0.4, 0.5) is 0 Å². The Morgan fingerprint density at radius 1 is 1.38 bits per heavy atom. The molecule has 1 saturated carbocycles. The molecule has 136 valence electrons. The molecule has 2 N–H and O–H groups in total. The number of hydrogen-bond acceptors (Lipinski definition) is 4. The van der Waals surface area contributed by atoms with Crippen molar-refractivity contribution >= 4 is 29.9 Å². The molecule has 0 radical (unpaired) electrons. The van der Waals surface area contributed by atoms with E-state index in [4.69, 9.17) is 9.26 Å². The normalized spacial score (nSPS) is 27.9. The smallest absolute Gasteiger partial charge is 0.191 e. The van der Waals surface area contributed by atoms with Crippen LogP contribution in [0.2, 0.25) is 0 Å². The SMILES string of the molecule is CN=C(NCCc1c(C)noc1C)NC1C2CCOC2C1(C)C.I. The highest BCUT2D eigenvalue weighted by Gasteiger charge is 2.59. The number of ether oxygens (including phenoxy) is 1. The van der Waals surface area contributed by atoms with Crippen LogP contribution in [0.3, 0.4) is 0 Å². The zero-order valence-electron chi connectivity index (χ0n) is 15.2. The van der Waals surface area contributed by atoms with Crippen LogP contribution in [0.5, 0.6) is 0 Å². The number of nitrogens with one attached hydrogen (secondary N) is 2. The second-order valence-electron chi connectivity index (χ2n) is 7.24. The molecule has 1 aliphatic carbocycles. The lowest BCUT2D eigenvalue weighted by molar-refractivity contribution is -0.106. The summed E-state index contributed by atoms with van der Waals surface area (Å²) in [7, 11) is 1.82. The zero-order valence-corrected chi connectivity index (χ0v) is 17.5. The van der Waals surface area contributed by atoms with Crippen molar-refractivity contribution in [2.24, 2.45) is 16.3 Å². The first-order valence-corrected chi connectivity index (χ1v) is 8.45. The van der Waals surface area contributed by atoms with Gasteiger partial charge in [-0.15, -0.1) is 24.0 Å². The summed E-state index contributed by atoms with van der Waals surface area (Å²) in [6.45, 7) is 10.2. The van der Waals surface area contributed by atoms with Crippen LogP contribution in [0.25, 0.3) is 0 Å². The molecule has 24 heavy (non-hydrogen) atoms. The molecular weight excluding hydrogens is 419 g/mol. The van der Waals surface area contributed by atoms with E-state index in [1.54, 1.807) is 0 Å². The minimum absolute atomic E-state index is 0. The highest BCUT2D eigenvalue weighted by Crippen LogP contribution is 2.52.